The van der Waals surface area contributed by atoms with Crippen LogP contribution in [0.4, 0.5) is 0 Å². The van der Waals surface area contributed by atoms with Crippen LogP contribution in [0.25, 0.3) is 0 Å². The molecule has 0 saturated heterocycles. The van der Waals surface area contributed by atoms with E-state index in [9.17, 15) is 0 Å². The number of hydrogen-bond donors (Lipinski definition) is 1. The van der Waals surface area contributed by atoms with E-state index in [4.69, 9.17) is 4.74 Å². The molecule has 2 aromatic rings. The average molecular weight is 284 g/mol. The van der Waals surface area contributed by atoms with Gasteiger partial charge in [0.25, 0.3) is 0 Å². The number of rotatable bonds is 4. The van der Waals surface area contributed by atoms with E-state index in [1.165, 1.54) is 42.4 Å². The summed E-state index contributed by atoms with van der Waals surface area (Å²) in [5.74, 6) is 0.964. The zero-order valence-corrected chi connectivity index (χ0v) is 12.9. The molecule has 0 fully saturated rings. The van der Waals surface area contributed by atoms with Crippen LogP contribution in [0.5, 0.6) is 5.75 Å². The molecule has 1 aliphatic rings. The molecule has 3 heteroatoms. The van der Waals surface area contributed by atoms with Gasteiger partial charge in [-0.15, -0.1) is 0 Å². The molecule has 3 rings (SSSR count). The third-order valence-corrected chi connectivity index (χ3v) is 4.46. The van der Waals surface area contributed by atoms with Gasteiger partial charge < -0.3 is 14.6 Å². The number of hydrogen-bond acceptors (Lipinski definition) is 2. The van der Waals surface area contributed by atoms with Gasteiger partial charge in [-0.05, 0) is 43.5 Å². The van der Waals surface area contributed by atoms with E-state index < -0.39 is 0 Å². The van der Waals surface area contributed by atoms with Gasteiger partial charge in [0.2, 0.25) is 0 Å². The van der Waals surface area contributed by atoms with Crippen LogP contribution < -0.4 is 10.1 Å². The Kier molecular flexibility index (Phi) is 4.30. The molecule has 0 radical (unpaired) electrons. The molecule has 0 bridgehead atoms. The lowest BCUT2D eigenvalue weighted by Crippen LogP contribution is -2.15. The minimum absolute atomic E-state index is 0.501. The number of aryl methyl sites for hydroxylation is 1. The third kappa shape index (κ3) is 2.98. The van der Waals surface area contributed by atoms with E-state index >= 15 is 0 Å². The molecule has 0 amide bonds. The Morgan fingerprint density at radius 2 is 2.10 bits per heavy atom. The van der Waals surface area contributed by atoms with Gasteiger partial charge in [-0.2, -0.15) is 0 Å². The maximum atomic E-state index is 5.46. The van der Waals surface area contributed by atoms with Crippen molar-refractivity contribution in [3.8, 4) is 5.75 Å². The molecule has 3 nitrogen and oxygen atoms in total. The van der Waals surface area contributed by atoms with Gasteiger partial charge in [0.15, 0.2) is 0 Å². The second-order valence-corrected chi connectivity index (χ2v) is 5.81. The van der Waals surface area contributed by atoms with E-state index in [1.807, 2.05) is 12.1 Å². The number of fused-ring (bicyclic) bond motifs is 1. The summed E-state index contributed by atoms with van der Waals surface area (Å²) in [7, 11) is 3.80. The highest BCUT2D eigenvalue weighted by atomic mass is 16.5. The molecule has 1 aromatic heterocycles. The molecular formula is C18H24N2O. The summed E-state index contributed by atoms with van der Waals surface area (Å²) in [4.78, 5) is 0. The first-order chi connectivity index (χ1) is 10.3. The average Bonchev–Trinajstić information content (AvgIpc) is 2.81. The minimum Gasteiger partial charge on any atom is -0.496 e. The van der Waals surface area contributed by atoms with Gasteiger partial charge in [-0.3, -0.25) is 0 Å². The van der Waals surface area contributed by atoms with E-state index in [0.29, 0.717) is 6.04 Å². The second kappa shape index (κ2) is 6.35. The van der Waals surface area contributed by atoms with Crippen LogP contribution in [-0.2, 0) is 13.0 Å². The first-order valence-corrected chi connectivity index (χ1v) is 7.79. The van der Waals surface area contributed by atoms with Crippen molar-refractivity contribution in [2.45, 2.75) is 38.3 Å². The number of methoxy groups -OCH3 is 1. The first-order valence-electron chi connectivity index (χ1n) is 7.79. The maximum Gasteiger partial charge on any atom is 0.123 e. The molecule has 21 heavy (non-hydrogen) atoms. The molecule has 0 spiro atoms. The number of nitrogens with zero attached hydrogens (tertiary/aromatic N) is 1. The molecule has 1 atom stereocenters. The topological polar surface area (TPSA) is 26.2 Å². The molecular weight excluding hydrogens is 260 g/mol. The molecule has 1 unspecified atom stereocenters. The highest BCUT2D eigenvalue weighted by molar-refractivity contribution is 5.35. The fourth-order valence-corrected chi connectivity index (χ4v) is 3.34. The molecule has 1 heterocycles. The lowest BCUT2D eigenvalue weighted by molar-refractivity contribution is 0.408. The first kappa shape index (κ1) is 14.2. The summed E-state index contributed by atoms with van der Waals surface area (Å²) >= 11 is 0. The van der Waals surface area contributed by atoms with E-state index in [-0.39, 0.29) is 0 Å². The van der Waals surface area contributed by atoms with Crippen molar-refractivity contribution in [3.63, 3.8) is 0 Å². The molecule has 0 saturated carbocycles. The quantitative estimate of drug-likeness (QED) is 0.869. The summed E-state index contributed by atoms with van der Waals surface area (Å²) < 4.78 is 7.76. The monoisotopic (exact) mass is 284 g/mol. The summed E-state index contributed by atoms with van der Waals surface area (Å²) in [5.41, 5.74) is 4.21. The van der Waals surface area contributed by atoms with Crippen molar-refractivity contribution in [1.82, 2.24) is 9.88 Å². The van der Waals surface area contributed by atoms with E-state index in [2.05, 4.69) is 41.5 Å². The third-order valence-electron chi connectivity index (χ3n) is 4.46. The molecule has 0 aliphatic heterocycles. The highest BCUT2D eigenvalue weighted by Crippen LogP contribution is 2.30. The molecule has 1 aromatic carbocycles. The Balaban J connectivity index is 1.87. The summed E-state index contributed by atoms with van der Waals surface area (Å²) in [6, 6.07) is 8.76. The van der Waals surface area contributed by atoms with Crippen molar-refractivity contribution in [3.05, 3.63) is 53.3 Å². The number of para-hydroxylation sites is 1. The zero-order chi connectivity index (χ0) is 14.7. The number of aromatic nitrogens is 1. The standard InChI is InChI=1S/C18H24N2O/c1-19-17-9-5-3-7-14-11-20(13-16(14)17)12-15-8-4-6-10-18(15)21-2/h4,6,8,10-11,13,17,19H,3,5,7,9,12H2,1-2H3. The minimum atomic E-state index is 0.501. The van der Waals surface area contributed by atoms with Crippen LogP contribution in [0.3, 0.4) is 0 Å². The highest BCUT2D eigenvalue weighted by Gasteiger charge is 2.19. The fourth-order valence-electron chi connectivity index (χ4n) is 3.34. The van der Waals surface area contributed by atoms with Crippen LogP contribution in [0, 0.1) is 0 Å². The summed E-state index contributed by atoms with van der Waals surface area (Å²) in [6.07, 6.45) is 9.68. The van der Waals surface area contributed by atoms with Crippen molar-refractivity contribution < 1.29 is 4.74 Å². The van der Waals surface area contributed by atoms with Crippen LogP contribution in [0.1, 0.15) is 42.0 Å². The predicted molar refractivity (Wildman–Crippen MR) is 85.9 cm³/mol. The number of nitrogens with one attached hydrogen (secondary N) is 1. The van der Waals surface area contributed by atoms with E-state index in [0.717, 1.165) is 12.3 Å². The number of ether oxygens (including phenoxy) is 1. The normalized spacial score (nSPS) is 18.1. The van der Waals surface area contributed by atoms with Crippen molar-refractivity contribution in [2.24, 2.45) is 0 Å². The van der Waals surface area contributed by atoms with Crippen LogP contribution in [0.2, 0.25) is 0 Å². The Morgan fingerprint density at radius 1 is 1.24 bits per heavy atom. The van der Waals surface area contributed by atoms with Crippen molar-refractivity contribution in [1.29, 1.82) is 0 Å². The Labute approximate surface area is 126 Å². The second-order valence-electron chi connectivity index (χ2n) is 5.81. The zero-order valence-electron chi connectivity index (χ0n) is 12.9. The van der Waals surface area contributed by atoms with Crippen LogP contribution in [-0.4, -0.2) is 18.7 Å². The smallest absolute Gasteiger partial charge is 0.123 e. The lowest BCUT2D eigenvalue weighted by atomic mass is 10.1. The van der Waals surface area contributed by atoms with Crippen LogP contribution in [0.15, 0.2) is 36.7 Å². The summed E-state index contributed by atoms with van der Waals surface area (Å²) in [5, 5.41) is 3.46. The maximum absolute atomic E-state index is 5.46. The van der Waals surface area contributed by atoms with Gasteiger partial charge in [-0.25, -0.2) is 0 Å². The van der Waals surface area contributed by atoms with Gasteiger partial charge >= 0.3 is 0 Å². The van der Waals surface area contributed by atoms with Crippen molar-refractivity contribution in [2.75, 3.05) is 14.2 Å². The Morgan fingerprint density at radius 3 is 2.90 bits per heavy atom. The van der Waals surface area contributed by atoms with Gasteiger partial charge in [0, 0.05) is 24.0 Å². The fraction of sp³-hybridized carbons (Fsp3) is 0.444. The Hall–Kier alpha value is -1.74. The molecule has 1 aliphatic carbocycles. The van der Waals surface area contributed by atoms with Gasteiger partial charge in [0.05, 0.1) is 13.7 Å². The largest absolute Gasteiger partial charge is 0.496 e. The SMILES string of the molecule is CNC1CCCCc2cn(Cc3ccccc3OC)cc21. The molecule has 1 N–H and O–H groups in total. The van der Waals surface area contributed by atoms with Crippen LogP contribution >= 0.6 is 0 Å². The van der Waals surface area contributed by atoms with Gasteiger partial charge in [-0.1, -0.05) is 24.6 Å². The molecule has 112 valence electrons. The Bertz CT molecular complexity index is 603. The number of benzene rings is 1. The predicted octanol–water partition coefficient (Wildman–Crippen LogP) is 3.53. The van der Waals surface area contributed by atoms with E-state index in [1.54, 1.807) is 7.11 Å². The summed E-state index contributed by atoms with van der Waals surface area (Å²) in [6.45, 7) is 0.868. The lowest BCUT2D eigenvalue weighted by Gasteiger charge is -2.13. The van der Waals surface area contributed by atoms with Crippen molar-refractivity contribution >= 4 is 0 Å². The van der Waals surface area contributed by atoms with Gasteiger partial charge in [0.1, 0.15) is 5.75 Å².